The molecular weight excluding hydrogens is 374 g/mol. The van der Waals surface area contributed by atoms with E-state index in [0.717, 1.165) is 11.3 Å². The lowest BCUT2D eigenvalue weighted by Gasteiger charge is -2.23. The van der Waals surface area contributed by atoms with Crippen molar-refractivity contribution >= 4 is 33.0 Å². The van der Waals surface area contributed by atoms with E-state index >= 15 is 0 Å². The molecule has 2 unspecified atom stereocenters. The predicted octanol–water partition coefficient (Wildman–Crippen LogP) is 3.13. The lowest BCUT2D eigenvalue weighted by molar-refractivity contribution is -0.110. The molecule has 0 aromatic heterocycles. The average molecular weight is 396 g/mol. The molecule has 0 amide bonds. The summed E-state index contributed by atoms with van der Waals surface area (Å²) in [5, 5.41) is 1.38. The van der Waals surface area contributed by atoms with Gasteiger partial charge < -0.3 is 4.90 Å². The van der Waals surface area contributed by atoms with Crippen molar-refractivity contribution < 1.29 is 13.3 Å². The molecule has 1 fully saturated rings. The molecule has 1 aliphatic heterocycles. The van der Waals surface area contributed by atoms with Crippen LogP contribution in [0.1, 0.15) is 11.6 Å². The van der Waals surface area contributed by atoms with E-state index in [0.29, 0.717) is 10.7 Å². The monoisotopic (exact) mass is 395 g/mol. The fourth-order valence-corrected chi connectivity index (χ4v) is 4.76. The van der Waals surface area contributed by atoms with Crippen LogP contribution in [0, 0.1) is 0 Å². The molecule has 1 N–H and O–H groups in total. The minimum absolute atomic E-state index is 0.0821. The van der Waals surface area contributed by atoms with Crippen LogP contribution < -0.4 is 9.62 Å². The zero-order chi connectivity index (χ0) is 18.9. The second kappa shape index (κ2) is 7.44. The largest absolute Gasteiger partial charge is 0.378 e. The fraction of sp³-hybridized carbons (Fsp3) is 0.333. The minimum atomic E-state index is -3.66. The molecule has 8 heteroatoms. The first-order chi connectivity index (χ1) is 12.3. The van der Waals surface area contributed by atoms with Crippen LogP contribution in [0.3, 0.4) is 0 Å². The Morgan fingerprint density at radius 2 is 1.88 bits per heavy atom. The molecule has 1 heterocycles. The van der Waals surface area contributed by atoms with Gasteiger partial charge in [-0.3, -0.25) is 9.56 Å². The van der Waals surface area contributed by atoms with Crippen molar-refractivity contribution in [3.05, 3.63) is 59.1 Å². The molecule has 0 spiro atoms. The third-order valence-corrected chi connectivity index (χ3v) is 6.37. The van der Waals surface area contributed by atoms with Crippen LogP contribution in [-0.2, 0) is 14.9 Å². The molecule has 2 aromatic carbocycles. The third-order valence-electron chi connectivity index (χ3n) is 4.42. The van der Waals surface area contributed by atoms with Crippen LogP contribution in [0.15, 0.2) is 48.5 Å². The van der Waals surface area contributed by atoms with Crippen molar-refractivity contribution in [2.45, 2.75) is 11.3 Å². The van der Waals surface area contributed by atoms with Crippen LogP contribution in [0.5, 0.6) is 0 Å². The lowest BCUT2D eigenvalue weighted by Crippen LogP contribution is -2.34. The molecule has 26 heavy (non-hydrogen) atoms. The van der Waals surface area contributed by atoms with Gasteiger partial charge in [-0.05, 0) is 42.0 Å². The number of anilines is 2. The van der Waals surface area contributed by atoms with E-state index in [4.69, 9.17) is 16.4 Å². The van der Waals surface area contributed by atoms with E-state index in [1.165, 1.54) is 0 Å². The molecule has 2 atom stereocenters. The smallest absolute Gasteiger partial charge is 0.239 e. The molecule has 1 saturated heterocycles. The highest BCUT2D eigenvalue weighted by atomic mass is 35.5. The van der Waals surface area contributed by atoms with Crippen molar-refractivity contribution in [1.82, 2.24) is 5.06 Å². The molecule has 6 nitrogen and oxygen atoms in total. The Bertz CT molecular complexity index is 872. The average Bonchev–Trinajstić information content (AvgIpc) is 2.97. The summed E-state index contributed by atoms with van der Waals surface area (Å²) >= 11 is 6.07. The maximum absolute atomic E-state index is 13.0. The van der Waals surface area contributed by atoms with Gasteiger partial charge in [0.15, 0.2) is 0 Å². The van der Waals surface area contributed by atoms with Crippen molar-refractivity contribution in [2.24, 2.45) is 0 Å². The van der Waals surface area contributed by atoms with Gasteiger partial charge >= 0.3 is 0 Å². The second-order valence-corrected chi connectivity index (χ2v) is 8.80. The highest BCUT2D eigenvalue weighted by molar-refractivity contribution is 7.93. The maximum atomic E-state index is 13.0. The SMILES string of the molecule is CN(C)c1ccc(NS(=O)(=O)C2CON(C)C2c2cccc(Cl)c2)cc1. The van der Waals surface area contributed by atoms with Crippen LogP contribution in [0.25, 0.3) is 0 Å². The van der Waals surface area contributed by atoms with Crippen LogP contribution in [0.4, 0.5) is 11.4 Å². The highest BCUT2D eigenvalue weighted by Crippen LogP contribution is 2.35. The normalized spacial score (nSPS) is 20.9. The van der Waals surface area contributed by atoms with Gasteiger partial charge in [0.1, 0.15) is 5.25 Å². The fourth-order valence-electron chi connectivity index (χ4n) is 3.04. The number of sulfonamides is 1. The van der Waals surface area contributed by atoms with Crippen molar-refractivity contribution in [2.75, 3.05) is 37.4 Å². The number of benzene rings is 2. The van der Waals surface area contributed by atoms with E-state index in [1.54, 1.807) is 42.4 Å². The number of hydroxylamine groups is 2. The molecule has 140 valence electrons. The molecule has 0 bridgehead atoms. The van der Waals surface area contributed by atoms with E-state index in [2.05, 4.69) is 4.72 Å². The van der Waals surface area contributed by atoms with Gasteiger partial charge in [0.25, 0.3) is 0 Å². The molecule has 0 radical (unpaired) electrons. The van der Waals surface area contributed by atoms with Gasteiger partial charge in [0.2, 0.25) is 10.0 Å². The Balaban J connectivity index is 1.85. The first-order valence-electron chi connectivity index (χ1n) is 8.18. The number of nitrogens with one attached hydrogen (secondary N) is 1. The van der Waals surface area contributed by atoms with Crippen molar-refractivity contribution in [3.63, 3.8) is 0 Å². The predicted molar refractivity (Wildman–Crippen MR) is 105 cm³/mol. The Labute approximate surface area is 159 Å². The highest BCUT2D eigenvalue weighted by Gasteiger charge is 2.43. The summed E-state index contributed by atoms with van der Waals surface area (Å²) in [6.45, 7) is 0.0821. The van der Waals surface area contributed by atoms with Crippen LogP contribution in [-0.4, -0.2) is 46.5 Å². The Morgan fingerprint density at radius 3 is 2.50 bits per heavy atom. The minimum Gasteiger partial charge on any atom is -0.378 e. The van der Waals surface area contributed by atoms with Gasteiger partial charge in [0, 0.05) is 37.5 Å². The summed E-state index contributed by atoms with van der Waals surface area (Å²) in [7, 11) is 1.93. The molecule has 1 aliphatic rings. The van der Waals surface area contributed by atoms with Gasteiger partial charge in [0.05, 0.1) is 12.6 Å². The standard InChI is InChI=1S/C18H22ClN3O3S/c1-21(2)16-9-7-15(8-10-16)20-26(23,24)17-12-25-22(3)18(17)13-5-4-6-14(19)11-13/h4-11,17-18,20H,12H2,1-3H3. The third kappa shape index (κ3) is 3.96. The topological polar surface area (TPSA) is 61.9 Å². The zero-order valence-electron chi connectivity index (χ0n) is 14.9. The van der Waals surface area contributed by atoms with Crippen molar-refractivity contribution in [1.29, 1.82) is 0 Å². The van der Waals surface area contributed by atoms with Gasteiger partial charge in [-0.25, -0.2) is 8.42 Å². The number of halogens is 1. The first kappa shape index (κ1) is 19.0. The second-order valence-electron chi connectivity index (χ2n) is 6.47. The summed E-state index contributed by atoms with van der Waals surface area (Å²) in [4.78, 5) is 7.46. The summed E-state index contributed by atoms with van der Waals surface area (Å²) in [5.74, 6) is 0. The van der Waals surface area contributed by atoms with Crippen LogP contribution in [0.2, 0.25) is 5.02 Å². The molecule has 2 aromatic rings. The van der Waals surface area contributed by atoms with E-state index in [-0.39, 0.29) is 6.61 Å². The number of rotatable bonds is 5. The summed E-state index contributed by atoms with van der Waals surface area (Å²) in [6, 6.07) is 14.0. The summed E-state index contributed by atoms with van der Waals surface area (Å²) < 4.78 is 28.6. The van der Waals surface area contributed by atoms with Crippen LogP contribution >= 0.6 is 11.6 Å². The lowest BCUT2D eigenvalue weighted by atomic mass is 10.0. The van der Waals surface area contributed by atoms with Crippen molar-refractivity contribution in [3.8, 4) is 0 Å². The van der Waals surface area contributed by atoms with E-state index < -0.39 is 21.3 Å². The van der Waals surface area contributed by atoms with Gasteiger partial charge in [-0.2, -0.15) is 5.06 Å². The summed E-state index contributed by atoms with van der Waals surface area (Å²) in [6.07, 6.45) is 0. The summed E-state index contributed by atoms with van der Waals surface area (Å²) in [5.41, 5.74) is 2.32. The number of nitrogens with zero attached hydrogens (tertiary/aromatic N) is 2. The Morgan fingerprint density at radius 1 is 1.19 bits per heavy atom. The van der Waals surface area contributed by atoms with Gasteiger partial charge in [-0.15, -0.1) is 0 Å². The molecule has 0 saturated carbocycles. The Hall–Kier alpha value is -1.80. The number of hydrogen-bond acceptors (Lipinski definition) is 5. The first-order valence-corrected chi connectivity index (χ1v) is 10.1. The maximum Gasteiger partial charge on any atom is 0.239 e. The van der Waals surface area contributed by atoms with E-state index in [9.17, 15) is 8.42 Å². The van der Waals surface area contributed by atoms with Gasteiger partial charge in [-0.1, -0.05) is 23.7 Å². The molecule has 3 rings (SSSR count). The van der Waals surface area contributed by atoms with E-state index in [1.807, 2.05) is 37.2 Å². The number of hydrogen-bond donors (Lipinski definition) is 1. The molecular formula is C18H22ClN3O3S. The molecule has 0 aliphatic carbocycles. The Kier molecular flexibility index (Phi) is 5.43. The quantitative estimate of drug-likeness (QED) is 0.842. The zero-order valence-corrected chi connectivity index (χ0v) is 16.5.